The summed E-state index contributed by atoms with van der Waals surface area (Å²) >= 11 is 0. The van der Waals surface area contributed by atoms with Crippen LogP contribution in [0, 0.1) is 0 Å². The predicted octanol–water partition coefficient (Wildman–Crippen LogP) is 0.416. The minimum Gasteiger partial charge on any atom is -0.480 e. The van der Waals surface area contributed by atoms with Gasteiger partial charge in [0.15, 0.2) is 0 Å². The first-order valence-corrected chi connectivity index (χ1v) is 5.35. The van der Waals surface area contributed by atoms with Crippen molar-refractivity contribution < 1.29 is 14.7 Å². The number of carbonyl (C=O) groups excluding carboxylic acids is 1. The van der Waals surface area contributed by atoms with Crippen LogP contribution in [0.2, 0.25) is 0 Å². The number of amides is 2. The molecule has 0 saturated heterocycles. The van der Waals surface area contributed by atoms with E-state index < -0.39 is 5.97 Å². The number of H-pyrrole nitrogens is 1. The first-order chi connectivity index (χ1) is 8.13. The highest BCUT2D eigenvalue weighted by Gasteiger charge is 2.15. The molecule has 1 rings (SSSR count). The van der Waals surface area contributed by atoms with Gasteiger partial charge in [-0.1, -0.05) is 6.92 Å². The summed E-state index contributed by atoms with van der Waals surface area (Å²) in [7, 11) is 0. The Morgan fingerprint density at radius 1 is 1.59 bits per heavy atom. The molecule has 94 valence electrons. The number of rotatable bonds is 6. The summed E-state index contributed by atoms with van der Waals surface area (Å²) in [6, 6.07) is -0.379. The summed E-state index contributed by atoms with van der Waals surface area (Å²) in [5, 5.41) is 17.7. The monoisotopic (exact) mass is 240 g/mol. The molecule has 0 saturated carbocycles. The summed E-state index contributed by atoms with van der Waals surface area (Å²) < 4.78 is 0. The first kappa shape index (κ1) is 13.0. The van der Waals surface area contributed by atoms with Gasteiger partial charge in [0.1, 0.15) is 6.54 Å². The lowest BCUT2D eigenvalue weighted by Crippen LogP contribution is -2.42. The predicted molar refractivity (Wildman–Crippen MR) is 60.3 cm³/mol. The summed E-state index contributed by atoms with van der Waals surface area (Å²) in [4.78, 5) is 23.5. The lowest BCUT2D eigenvalue weighted by molar-refractivity contribution is -0.137. The fraction of sp³-hybridized carbons (Fsp3) is 0.500. The average molecular weight is 240 g/mol. The molecule has 1 aromatic rings. The van der Waals surface area contributed by atoms with Crippen molar-refractivity contribution in [1.29, 1.82) is 0 Å². The zero-order valence-electron chi connectivity index (χ0n) is 9.64. The minimum absolute atomic E-state index is 0.287. The van der Waals surface area contributed by atoms with Crippen molar-refractivity contribution in [1.82, 2.24) is 20.4 Å². The van der Waals surface area contributed by atoms with Gasteiger partial charge in [-0.3, -0.25) is 9.89 Å². The second-order valence-corrected chi connectivity index (χ2v) is 3.58. The molecule has 2 amide bonds. The Morgan fingerprint density at radius 2 is 2.35 bits per heavy atom. The Kier molecular flexibility index (Phi) is 4.99. The normalized spacial score (nSPS) is 9.94. The quantitative estimate of drug-likeness (QED) is 0.671. The third kappa shape index (κ3) is 4.54. The van der Waals surface area contributed by atoms with Crippen LogP contribution < -0.4 is 5.32 Å². The number of aromatic amines is 1. The average Bonchev–Trinajstić information content (AvgIpc) is 2.77. The molecular weight excluding hydrogens is 224 g/mol. The Hall–Kier alpha value is -2.05. The molecule has 0 aromatic carbocycles. The number of aromatic nitrogens is 2. The Bertz CT molecular complexity index is 364. The Balaban J connectivity index is 2.44. The highest BCUT2D eigenvalue weighted by atomic mass is 16.4. The zero-order chi connectivity index (χ0) is 12.7. The Morgan fingerprint density at radius 3 is 2.88 bits per heavy atom. The highest BCUT2D eigenvalue weighted by molar-refractivity contribution is 5.80. The first-order valence-electron chi connectivity index (χ1n) is 5.35. The number of aliphatic carboxylic acids is 1. The minimum atomic E-state index is -1.02. The van der Waals surface area contributed by atoms with E-state index in [0.29, 0.717) is 19.5 Å². The van der Waals surface area contributed by atoms with Crippen LogP contribution in [-0.2, 0) is 11.3 Å². The SMILES string of the molecule is CCCN(CC(=O)O)C(=O)NCc1cn[nH]c1. The topological polar surface area (TPSA) is 98.3 Å². The van der Waals surface area contributed by atoms with E-state index in [-0.39, 0.29) is 12.6 Å². The number of nitrogens with zero attached hydrogens (tertiary/aromatic N) is 2. The van der Waals surface area contributed by atoms with E-state index in [4.69, 9.17) is 5.11 Å². The lowest BCUT2D eigenvalue weighted by Gasteiger charge is -2.20. The van der Waals surface area contributed by atoms with Crippen molar-refractivity contribution in [3.8, 4) is 0 Å². The van der Waals surface area contributed by atoms with Crippen LogP contribution in [0.5, 0.6) is 0 Å². The van der Waals surface area contributed by atoms with E-state index >= 15 is 0 Å². The summed E-state index contributed by atoms with van der Waals surface area (Å²) in [6.45, 7) is 2.35. The molecular formula is C10H16N4O3. The van der Waals surface area contributed by atoms with Gasteiger partial charge in [0.05, 0.1) is 6.20 Å². The van der Waals surface area contributed by atoms with Gasteiger partial charge in [0, 0.05) is 24.8 Å². The molecule has 3 N–H and O–H groups in total. The number of nitrogens with one attached hydrogen (secondary N) is 2. The van der Waals surface area contributed by atoms with Crippen molar-refractivity contribution >= 4 is 12.0 Å². The number of carbonyl (C=O) groups is 2. The van der Waals surface area contributed by atoms with Gasteiger partial charge >= 0.3 is 12.0 Å². The van der Waals surface area contributed by atoms with Gasteiger partial charge in [-0.15, -0.1) is 0 Å². The van der Waals surface area contributed by atoms with E-state index in [1.54, 1.807) is 12.4 Å². The van der Waals surface area contributed by atoms with Crippen molar-refractivity contribution in [2.24, 2.45) is 0 Å². The van der Waals surface area contributed by atoms with Crippen LogP contribution in [0.3, 0.4) is 0 Å². The molecule has 7 nitrogen and oxygen atoms in total. The molecule has 17 heavy (non-hydrogen) atoms. The molecule has 0 radical (unpaired) electrons. The van der Waals surface area contributed by atoms with Crippen molar-refractivity contribution in [3.05, 3.63) is 18.0 Å². The molecule has 0 atom stereocenters. The largest absolute Gasteiger partial charge is 0.480 e. The molecule has 0 fully saturated rings. The van der Waals surface area contributed by atoms with Gasteiger partial charge in [0.2, 0.25) is 0 Å². The summed E-state index contributed by atoms with van der Waals surface area (Å²) in [5.41, 5.74) is 0.838. The summed E-state index contributed by atoms with van der Waals surface area (Å²) in [5.74, 6) is -1.02. The highest BCUT2D eigenvalue weighted by Crippen LogP contribution is 1.96. The fourth-order valence-corrected chi connectivity index (χ4v) is 1.35. The Labute approximate surface area is 98.8 Å². The third-order valence-corrected chi connectivity index (χ3v) is 2.11. The van der Waals surface area contributed by atoms with Crippen LogP contribution in [0.25, 0.3) is 0 Å². The molecule has 7 heteroatoms. The van der Waals surface area contributed by atoms with Crippen LogP contribution in [-0.4, -0.2) is 45.3 Å². The van der Waals surface area contributed by atoms with E-state index in [1.807, 2.05) is 6.92 Å². The van der Waals surface area contributed by atoms with Gasteiger partial charge in [-0.25, -0.2) is 4.79 Å². The van der Waals surface area contributed by atoms with E-state index in [1.165, 1.54) is 4.90 Å². The zero-order valence-corrected chi connectivity index (χ0v) is 9.64. The molecule has 1 heterocycles. The van der Waals surface area contributed by atoms with Gasteiger partial charge in [-0.2, -0.15) is 5.10 Å². The third-order valence-electron chi connectivity index (χ3n) is 2.11. The molecule has 0 bridgehead atoms. The van der Waals surface area contributed by atoms with Crippen LogP contribution in [0.1, 0.15) is 18.9 Å². The van der Waals surface area contributed by atoms with E-state index in [9.17, 15) is 9.59 Å². The van der Waals surface area contributed by atoms with Crippen LogP contribution in [0.4, 0.5) is 4.79 Å². The number of hydrogen-bond acceptors (Lipinski definition) is 3. The van der Waals surface area contributed by atoms with Crippen molar-refractivity contribution in [2.75, 3.05) is 13.1 Å². The number of hydrogen-bond donors (Lipinski definition) is 3. The lowest BCUT2D eigenvalue weighted by atomic mass is 10.3. The molecule has 1 aromatic heterocycles. The van der Waals surface area contributed by atoms with Gasteiger partial charge < -0.3 is 15.3 Å². The second kappa shape index (κ2) is 6.51. The fourth-order valence-electron chi connectivity index (χ4n) is 1.35. The standard InChI is InChI=1S/C10H16N4O3/c1-2-3-14(7-9(15)16)10(17)11-4-8-5-12-13-6-8/h5-6H,2-4,7H2,1H3,(H,11,17)(H,12,13)(H,15,16). The van der Waals surface area contributed by atoms with E-state index in [2.05, 4.69) is 15.5 Å². The van der Waals surface area contributed by atoms with Gasteiger partial charge in [-0.05, 0) is 6.42 Å². The maximum absolute atomic E-state index is 11.7. The van der Waals surface area contributed by atoms with Crippen LogP contribution >= 0.6 is 0 Å². The van der Waals surface area contributed by atoms with Crippen molar-refractivity contribution in [2.45, 2.75) is 19.9 Å². The molecule has 0 unspecified atom stereocenters. The second-order valence-electron chi connectivity index (χ2n) is 3.58. The number of carboxylic acids is 1. The number of urea groups is 1. The molecule has 0 aliphatic heterocycles. The van der Waals surface area contributed by atoms with E-state index in [0.717, 1.165) is 5.56 Å². The van der Waals surface area contributed by atoms with Gasteiger partial charge in [0.25, 0.3) is 0 Å². The maximum Gasteiger partial charge on any atom is 0.323 e. The van der Waals surface area contributed by atoms with Crippen LogP contribution in [0.15, 0.2) is 12.4 Å². The molecule has 0 spiro atoms. The smallest absolute Gasteiger partial charge is 0.323 e. The molecule has 0 aliphatic carbocycles. The van der Waals surface area contributed by atoms with Crippen molar-refractivity contribution in [3.63, 3.8) is 0 Å². The summed E-state index contributed by atoms with van der Waals surface area (Å²) in [6.07, 6.45) is 3.98. The number of carboxylic acid groups (broad SMARTS) is 1. The molecule has 0 aliphatic rings. The maximum atomic E-state index is 11.7.